The predicted molar refractivity (Wildman–Crippen MR) is 67.5 cm³/mol. The fraction of sp³-hybridized carbons (Fsp3) is 0.364. The summed E-state index contributed by atoms with van der Waals surface area (Å²) in [5.74, 6) is -0.689. The zero-order valence-corrected chi connectivity index (χ0v) is 10.3. The average molecular weight is 278 g/mol. The molecule has 2 aromatic rings. The number of benzene rings is 1. The van der Waals surface area contributed by atoms with Crippen molar-refractivity contribution >= 4 is 11.4 Å². The van der Waals surface area contributed by atoms with Gasteiger partial charge in [0.1, 0.15) is 11.5 Å². The second-order valence-corrected chi connectivity index (χ2v) is 4.61. The van der Waals surface area contributed by atoms with Crippen molar-refractivity contribution in [2.75, 3.05) is 5.32 Å². The summed E-state index contributed by atoms with van der Waals surface area (Å²) in [6, 6.07) is 2.43. The molecule has 9 heteroatoms. The first-order valence-electron chi connectivity index (χ1n) is 6.13. The van der Waals surface area contributed by atoms with Crippen molar-refractivity contribution < 1.29 is 9.31 Å². The second kappa shape index (κ2) is 4.83. The number of rotatable bonds is 4. The number of aromatic amines is 1. The third kappa shape index (κ3) is 2.17. The standard InChI is InChI=1S/C11H11FN6O2/c12-8-5-10(18(19)20)9(13-6-2-1-3-6)4-7(8)11-14-16-17-15-11/h4-6,13H,1-3H2,(H,14,15,16,17). The van der Waals surface area contributed by atoms with Gasteiger partial charge in [-0.25, -0.2) is 4.39 Å². The Morgan fingerprint density at radius 1 is 1.45 bits per heavy atom. The molecule has 0 saturated heterocycles. The van der Waals surface area contributed by atoms with Gasteiger partial charge in [0.2, 0.25) is 5.82 Å². The van der Waals surface area contributed by atoms with Gasteiger partial charge in [-0.3, -0.25) is 10.1 Å². The van der Waals surface area contributed by atoms with E-state index in [1.165, 1.54) is 6.07 Å². The van der Waals surface area contributed by atoms with E-state index in [2.05, 4.69) is 25.9 Å². The number of halogens is 1. The molecule has 104 valence electrons. The molecule has 8 nitrogen and oxygen atoms in total. The molecule has 0 unspecified atom stereocenters. The van der Waals surface area contributed by atoms with Crippen molar-refractivity contribution in [1.82, 2.24) is 20.6 Å². The number of nitro benzene ring substituents is 1. The first-order valence-corrected chi connectivity index (χ1v) is 6.13. The number of nitro groups is 1. The topological polar surface area (TPSA) is 110 Å². The van der Waals surface area contributed by atoms with Crippen LogP contribution in [0.2, 0.25) is 0 Å². The second-order valence-electron chi connectivity index (χ2n) is 4.61. The molecule has 1 aliphatic carbocycles. The number of hydrogen-bond donors (Lipinski definition) is 2. The van der Waals surface area contributed by atoms with Gasteiger partial charge in [0.05, 0.1) is 16.6 Å². The van der Waals surface area contributed by atoms with Gasteiger partial charge in [-0.1, -0.05) is 0 Å². The maximum atomic E-state index is 13.9. The molecule has 2 N–H and O–H groups in total. The Kier molecular flexibility index (Phi) is 3.01. The highest BCUT2D eigenvalue weighted by Crippen LogP contribution is 2.34. The number of aromatic nitrogens is 4. The molecule has 1 aromatic carbocycles. The van der Waals surface area contributed by atoms with Crippen LogP contribution < -0.4 is 5.32 Å². The molecule has 1 aliphatic rings. The van der Waals surface area contributed by atoms with E-state index in [0.717, 1.165) is 25.3 Å². The molecule has 0 bridgehead atoms. The number of nitrogens with zero attached hydrogens (tertiary/aromatic N) is 4. The van der Waals surface area contributed by atoms with Crippen LogP contribution in [0.1, 0.15) is 19.3 Å². The van der Waals surface area contributed by atoms with Crippen molar-refractivity contribution in [2.45, 2.75) is 25.3 Å². The molecular weight excluding hydrogens is 267 g/mol. The van der Waals surface area contributed by atoms with E-state index < -0.39 is 10.7 Å². The highest BCUT2D eigenvalue weighted by molar-refractivity contribution is 5.71. The molecule has 1 aromatic heterocycles. The smallest absolute Gasteiger partial charge is 0.295 e. The maximum absolute atomic E-state index is 13.9. The van der Waals surface area contributed by atoms with Gasteiger partial charge in [0.25, 0.3) is 5.69 Å². The summed E-state index contributed by atoms with van der Waals surface area (Å²) in [5, 5.41) is 27.0. The van der Waals surface area contributed by atoms with Crippen LogP contribution in [0.15, 0.2) is 12.1 Å². The number of anilines is 1. The highest BCUT2D eigenvalue weighted by Gasteiger charge is 2.25. The zero-order valence-electron chi connectivity index (χ0n) is 10.3. The van der Waals surface area contributed by atoms with Crippen LogP contribution in [0.25, 0.3) is 11.4 Å². The molecule has 1 heterocycles. The van der Waals surface area contributed by atoms with Gasteiger partial charge in [-0.2, -0.15) is 5.21 Å². The monoisotopic (exact) mass is 278 g/mol. The number of H-pyrrole nitrogens is 1. The zero-order chi connectivity index (χ0) is 14.1. The van der Waals surface area contributed by atoms with E-state index in [1.54, 1.807) is 0 Å². The van der Waals surface area contributed by atoms with E-state index in [1.807, 2.05) is 0 Å². The van der Waals surface area contributed by atoms with Crippen LogP contribution in [-0.4, -0.2) is 31.6 Å². The van der Waals surface area contributed by atoms with Crippen LogP contribution >= 0.6 is 0 Å². The van der Waals surface area contributed by atoms with Crippen LogP contribution in [0, 0.1) is 15.9 Å². The van der Waals surface area contributed by atoms with Gasteiger partial charge < -0.3 is 5.32 Å². The fourth-order valence-electron chi connectivity index (χ4n) is 2.05. The van der Waals surface area contributed by atoms with Crippen LogP contribution in [-0.2, 0) is 0 Å². The summed E-state index contributed by atoms with van der Waals surface area (Å²) in [7, 11) is 0. The quantitative estimate of drug-likeness (QED) is 0.652. The lowest BCUT2D eigenvalue weighted by molar-refractivity contribution is -0.384. The van der Waals surface area contributed by atoms with Gasteiger partial charge in [-0.05, 0) is 30.5 Å². The van der Waals surface area contributed by atoms with Crippen molar-refractivity contribution in [1.29, 1.82) is 0 Å². The van der Waals surface area contributed by atoms with Crippen molar-refractivity contribution in [3.8, 4) is 11.4 Å². The lowest BCUT2D eigenvalue weighted by Crippen LogP contribution is -2.27. The highest BCUT2D eigenvalue weighted by atomic mass is 19.1. The lowest BCUT2D eigenvalue weighted by atomic mass is 9.92. The minimum Gasteiger partial charge on any atom is -0.377 e. The first-order chi connectivity index (χ1) is 9.65. The largest absolute Gasteiger partial charge is 0.377 e. The number of tetrazole rings is 1. The number of nitrogens with one attached hydrogen (secondary N) is 2. The van der Waals surface area contributed by atoms with Crippen molar-refractivity contribution in [3.63, 3.8) is 0 Å². The molecule has 0 amide bonds. The van der Waals surface area contributed by atoms with E-state index in [-0.39, 0.29) is 28.8 Å². The molecule has 0 atom stereocenters. The van der Waals surface area contributed by atoms with Crippen molar-refractivity contribution in [2.24, 2.45) is 0 Å². The Balaban J connectivity index is 2.04. The van der Waals surface area contributed by atoms with Crippen LogP contribution in [0.5, 0.6) is 0 Å². The third-order valence-electron chi connectivity index (χ3n) is 3.33. The van der Waals surface area contributed by atoms with E-state index in [9.17, 15) is 14.5 Å². The molecule has 0 radical (unpaired) electrons. The Morgan fingerprint density at radius 2 is 2.25 bits per heavy atom. The maximum Gasteiger partial charge on any atom is 0.295 e. The summed E-state index contributed by atoms with van der Waals surface area (Å²) in [4.78, 5) is 10.4. The molecule has 1 saturated carbocycles. The molecule has 1 fully saturated rings. The third-order valence-corrected chi connectivity index (χ3v) is 3.33. The molecular formula is C11H11FN6O2. The van der Waals surface area contributed by atoms with E-state index >= 15 is 0 Å². The summed E-state index contributed by atoms with van der Waals surface area (Å²) in [5.41, 5.74) is 0.0636. The summed E-state index contributed by atoms with van der Waals surface area (Å²) < 4.78 is 13.9. The Morgan fingerprint density at radius 3 is 2.80 bits per heavy atom. The Hall–Kier alpha value is -2.58. The van der Waals surface area contributed by atoms with Gasteiger partial charge in [-0.15, -0.1) is 10.2 Å². The van der Waals surface area contributed by atoms with Gasteiger partial charge >= 0.3 is 0 Å². The Bertz CT molecular complexity index is 641. The first kappa shape index (κ1) is 12.5. The molecule has 20 heavy (non-hydrogen) atoms. The molecule has 0 aliphatic heterocycles. The summed E-state index contributed by atoms with van der Waals surface area (Å²) >= 11 is 0. The van der Waals surface area contributed by atoms with E-state index in [0.29, 0.717) is 0 Å². The van der Waals surface area contributed by atoms with Crippen LogP contribution in [0.4, 0.5) is 15.8 Å². The SMILES string of the molecule is O=[N+]([O-])c1cc(F)c(-c2nn[nH]n2)cc1NC1CCC1. The predicted octanol–water partition coefficient (Wildman–Crippen LogP) is 1.88. The summed E-state index contributed by atoms with van der Waals surface area (Å²) in [6.45, 7) is 0. The average Bonchev–Trinajstić information content (AvgIpc) is 2.88. The van der Waals surface area contributed by atoms with Crippen LogP contribution in [0.3, 0.4) is 0 Å². The molecule has 3 rings (SSSR count). The normalized spacial score (nSPS) is 14.8. The minimum atomic E-state index is -0.753. The van der Waals surface area contributed by atoms with E-state index in [4.69, 9.17) is 0 Å². The molecule has 0 spiro atoms. The van der Waals surface area contributed by atoms with Crippen molar-refractivity contribution in [3.05, 3.63) is 28.1 Å². The van der Waals surface area contributed by atoms with Gasteiger partial charge in [0, 0.05) is 6.04 Å². The summed E-state index contributed by atoms with van der Waals surface area (Å²) in [6.07, 6.45) is 2.99. The lowest BCUT2D eigenvalue weighted by Gasteiger charge is -2.27. The minimum absolute atomic E-state index is 0.0639. The van der Waals surface area contributed by atoms with Gasteiger partial charge in [0.15, 0.2) is 0 Å². The Labute approximate surface area is 112 Å². The number of hydrogen-bond acceptors (Lipinski definition) is 6. The fourth-order valence-corrected chi connectivity index (χ4v) is 2.05.